The lowest BCUT2D eigenvalue weighted by molar-refractivity contribution is -0.858. The molecule has 0 atom stereocenters. The van der Waals surface area contributed by atoms with Crippen molar-refractivity contribution in [3.63, 3.8) is 0 Å². The van der Waals surface area contributed by atoms with Gasteiger partial charge in [-0.05, 0) is 6.92 Å². The summed E-state index contributed by atoms with van der Waals surface area (Å²) in [5, 5.41) is 6.43. The average molecular weight is 212 g/mol. The molecule has 15 heavy (non-hydrogen) atoms. The Morgan fingerprint density at radius 3 is 2.87 bits per heavy atom. The van der Waals surface area contributed by atoms with Crippen LogP contribution in [0.2, 0.25) is 0 Å². The summed E-state index contributed by atoms with van der Waals surface area (Å²) in [5.41, 5.74) is 0.352. The van der Waals surface area contributed by atoms with E-state index < -0.39 is 0 Å². The minimum Gasteiger partial charge on any atom is -0.361 e. The van der Waals surface area contributed by atoms with Gasteiger partial charge < -0.3 is 14.7 Å². The molecule has 1 amide bonds. The van der Waals surface area contributed by atoms with Crippen LogP contribution < -0.4 is 10.2 Å². The van der Waals surface area contributed by atoms with Crippen LogP contribution in [0.4, 0.5) is 0 Å². The summed E-state index contributed by atoms with van der Waals surface area (Å²) in [6.45, 7) is 3.48. The van der Waals surface area contributed by atoms with E-state index in [1.807, 2.05) is 0 Å². The molecule has 5 heteroatoms. The molecule has 0 aliphatic rings. The number of amides is 1. The Bertz CT molecular complexity index is 320. The molecule has 0 saturated carbocycles. The van der Waals surface area contributed by atoms with Gasteiger partial charge in [-0.1, -0.05) is 5.16 Å². The predicted octanol–water partition coefficient (Wildman–Crippen LogP) is -0.753. The second kappa shape index (κ2) is 5.50. The number of nitrogens with one attached hydrogen (secondary N) is 2. The largest absolute Gasteiger partial charge is 0.361 e. The van der Waals surface area contributed by atoms with Crippen LogP contribution in [0.15, 0.2) is 10.6 Å². The first-order chi connectivity index (χ1) is 7.09. The highest BCUT2D eigenvalue weighted by molar-refractivity contribution is 5.92. The molecule has 0 fully saturated rings. The summed E-state index contributed by atoms with van der Waals surface area (Å²) in [5.74, 6) is 0.485. The topological polar surface area (TPSA) is 59.6 Å². The van der Waals surface area contributed by atoms with E-state index in [-0.39, 0.29) is 5.91 Å². The monoisotopic (exact) mass is 212 g/mol. The van der Waals surface area contributed by atoms with Crippen LogP contribution in [0.1, 0.15) is 22.7 Å². The van der Waals surface area contributed by atoms with Gasteiger partial charge >= 0.3 is 0 Å². The Morgan fingerprint density at radius 1 is 1.60 bits per heavy atom. The highest BCUT2D eigenvalue weighted by Crippen LogP contribution is 2.00. The number of nitrogens with zero attached hydrogens (tertiary/aromatic N) is 1. The second-order valence-electron chi connectivity index (χ2n) is 3.89. The molecule has 5 nitrogen and oxygen atoms in total. The number of quaternary nitrogens is 1. The van der Waals surface area contributed by atoms with Crippen molar-refractivity contribution in [2.75, 3.05) is 27.2 Å². The van der Waals surface area contributed by atoms with Crippen molar-refractivity contribution < 1.29 is 14.2 Å². The number of rotatable bonds is 5. The molecule has 0 aromatic carbocycles. The van der Waals surface area contributed by atoms with E-state index in [1.54, 1.807) is 13.0 Å². The van der Waals surface area contributed by atoms with Gasteiger partial charge in [0.2, 0.25) is 0 Å². The zero-order valence-electron chi connectivity index (χ0n) is 9.46. The molecule has 1 heterocycles. The molecule has 0 aliphatic carbocycles. The Kier molecular flexibility index (Phi) is 4.30. The number of hydrogen-bond acceptors (Lipinski definition) is 3. The second-order valence-corrected chi connectivity index (χ2v) is 3.89. The van der Waals surface area contributed by atoms with Crippen LogP contribution in [-0.2, 0) is 0 Å². The Labute approximate surface area is 89.4 Å². The number of aromatic nitrogens is 1. The van der Waals surface area contributed by atoms with E-state index >= 15 is 0 Å². The van der Waals surface area contributed by atoms with E-state index in [1.165, 1.54) is 4.90 Å². The van der Waals surface area contributed by atoms with Crippen LogP contribution in [0.25, 0.3) is 0 Å². The lowest BCUT2D eigenvalue weighted by Gasteiger charge is -2.06. The molecule has 2 N–H and O–H groups in total. The minimum absolute atomic E-state index is 0.166. The lowest BCUT2D eigenvalue weighted by atomic mass is 10.3. The van der Waals surface area contributed by atoms with Gasteiger partial charge in [-0.25, -0.2) is 0 Å². The van der Waals surface area contributed by atoms with Crippen molar-refractivity contribution in [2.24, 2.45) is 0 Å². The van der Waals surface area contributed by atoms with Crippen molar-refractivity contribution in [1.29, 1.82) is 0 Å². The molecule has 0 spiro atoms. The lowest BCUT2D eigenvalue weighted by Crippen LogP contribution is -3.05. The molecule has 1 aromatic heterocycles. The standard InChI is InChI=1S/C10H17N3O2/c1-8-7-9(12-15-8)10(14)11-5-4-6-13(2)3/h7H,4-6H2,1-3H3,(H,11,14)/p+1. The molecule has 0 saturated heterocycles. The van der Waals surface area contributed by atoms with Crippen LogP contribution in [0.5, 0.6) is 0 Å². The molecule has 0 unspecified atom stereocenters. The molecular formula is C10H18N3O2+. The summed E-state index contributed by atoms with van der Waals surface area (Å²) in [4.78, 5) is 12.8. The van der Waals surface area contributed by atoms with E-state index in [2.05, 4.69) is 24.6 Å². The maximum Gasteiger partial charge on any atom is 0.273 e. The van der Waals surface area contributed by atoms with Gasteiger partial charge in [0, 0.05) is 19.0 Å². The van der Waals surface area contributed by atoms with Crippen molar-refractivity contribution in [3.8, 4) is 0 Å². The highest BCUT2D eigenvalue weighted by Gasteiger charge is 2.09. The third-order valence-electron chi connectivity index (χ3n) is 2.00. The van der Waals surface area contributed by atoms with Crippen molar-refractivity contribution in [2.45, 2.75) is 13.3 Å². The SMILES string of the molecule is Cc1cc(C(=O)NCCC[NH+](C)C)no1. The quantitative estimate of drug-likeness (QED) is 0.631. The van der Waals surface area contributed by atoms with Gasteiger partial charge in [0.05, 0.1) is 20.6 Å². The normalized spacial score (nSPS) is 10.7. The predicted molar refractivity (Wildman–Crippen MR) is 55.9 cm³/mol. The number of carbonyl (C=O) groups excluding carboxylic acids is 1. The molecule has 0 radical (unpaired) electrons. The Morgan fingerprint density at radius 2 is 2.33 bits per heavy atom. The summed E-state index contributed by atoms with van der Waals surface area (Å²) >= 11 is 0. The minimum atomic E-state index is -0.166. The van der Waals surface area contributed by atoms with Crippen molar-refractivity contribution in [3.05, 3.63) is 17.5 Å². The van der Waals surface area contributed by atoms with Crippen molar-refractivity contribution >= 4 is 5.91 Å². The smallest absolute Gasteiger partial charge is 0.273 e. The molecule has 84 valence electrons. The summed E-state index contributed by atoms with van der Waals surface area (Å²) in [6, 6.07) is 1.63. The summed E-state index contributed by atoms with van der Waals surface area (Å²) < 4.78 is 4.82. The molecule has 0 aliphatic heterocycles. The van der Waals surface area contributed by atoms with Crippen LogP contribution in [0.3, 0.4) is 0 Å². The van der Waals surface area contributed by atoms with E-state index in [4.69, 9.17) is 4.52 Å². The first-order valence-electron chi connectivity index (χ1n) is 5.10. The first-order valence-corrected chi connectivity index (χ1v) is 5.10. The number of aryl methyl sites for hydroxylation is 1. The summed E-state index contributed by atoms with van der Waals surface area (Å²) in [7, 11) is 4.17. The molecule has 1 rings (SSSR count). The maximum absolute atomic E-state index is 11.5. The Hall–Kier alpha value is -1.36. The third kappa shape index (κ3) is 4.12. The van der Waals surface area contributed by atoms with E-state index in [0.717, 1.165) is 13.0 Å². The first kappa shape index (κ1) is 11.7. The van der Waals surface area contributed by atoms with Gasteiger partial charge in [-0.15, -0.1) is 0 Å². The molecule has 0 bridgehead atoms. The maximum atomic E-state index is 11.5. The van der Waals surface area contributed by atoms with Crippen LogP contribution in [0, 0.1) is 6.92 Å². The number of hydrogen-bond donors (Lipinski definition) is 2. The Balaban J connectivity index is 2.25. The van der Waals surface area contributed by atoms with Gasteiger partial charge in [0.25, 0.3) is 5.91 Å². The van der Waals surface area contributed by atoms with Gasteiger partial charge in [0.15, 0.2) is 5.69 Å². The average Bonchev–Trinajstić information content (AvgIpc) is 2.59. The van der Waals surface area contributed by atoms with Gasteiger partial charge in [-0.3, -0.25) is 4.79 Å². The highest BCUT2D eigenvalue weighted by atomic mass is 16.5. The van der Waals surface area contributed by atoms with Crippen molar-refractivity contribution in [1.82, 2.24) is 10.5 Å². The van der Waals surface area contributed by atoms with Gasteiger partial charge in [-0.2, -0.15) is 0 Å². The number of carbonyl (C=O) groups is 1. The fourth-order valence-corrected chi connectivity index (χ4v) is 1.21. The van der Waals surface area contributed by atoms with Crippen LogP contribution in [-0.4, -0.2) is 38.2 Å². The summed E-state index contributed by atoms with van der Waals surface area (Å²) in [6.07, 6.45) is 0.963. The van der Waals surface area contributed by atoms with Crippen LogP contribution >= 0.6 is 0 Å². The van der Waals surface area contributed by atoms with E-state index in [0.29, 0.717) is 18.0 Å². The zero-order chi connectivity index (χ0) is 11.3. The fourth-order valence-electron chi connectivity index (χ4n) is 1.21. The third-order valence-corrected chi connectivity index (χ3v) is 2.00. The fraction of sp³-hybridized carbons (Fsp3) is 0.600. The molecule has 1 aromatic rings. The molecular weight excluding hydrogens is 194 g/mol. The van der Waals surface area contributed by atoms with E-state index in [9.17, 15) is 4.79 Å². The zero-order valence-corrected chi connectivity index (χ0v) is 9.46. The van der Waals surface area contributed by atoms with Gasteiger partial charge in [0.1, 0.15) is 5.76 Å².